The summed E-state index contributed by atoms with van der Waals surface area (Å²) in [7, 11) is 1.41. The summed E-state index contributed by atoms with van der Waals surface area (Å²) >= 11 is 0. The number of hydrogen-bond acceptors (Lipinski definition) is 17. The Balaban J connectivity index is 1.14. The molecule has 1 aliphatic rings. The molecule has 4 aromatic heterocycles. The number of aromatic nitrogens is 6. The highest BCUT2D eigenvalue weighted by Gasteiger charge is 2.28. The van der Waals surface area contributed by atoms with Gasteiger partial charge in [-0.25, -0.2) is 19.9 Å². The average Bonchev–Trinajstić information content (AvgIpc) is 4.18. The molecular weight excluding hydrogens is 953 g/mol. The van der Waals surface area contributed by atoms with Gasteiger partial charge in [-0.05, 0) is 43.5 Å². The van der Waals surface area contributed by atoms with Crippen LogP contribution >= 0.6 is 0 Å². The molecule has 0 spiro atoms. The highest BCUT2D eigenvalue weighted by Crippen LogP contribution is 2.33. The molecule has 26 heteroatoms. The highest BCUT2D eigenvalue weighted by atomic mass is 16.5. The molecular formula is C47H52N14O12. The fraction of sp³-hybridized carbons (Fsp3) is 0.319. The average molecular weight is 1010 g/mol. The van der Waals surface area contributed by atoms with E-state index in [1.54, 1.807) is 35.1 Å². The summed E-state index contributed by atoms with van der Waals surface area (Å²) < 4.78 is 26.4. The predicted octanol–water partition coefficient (Wildman–Crippen LogP) is 1.32. The molecule has 7 rings (SSSR count). The van der Waals surface area contributed by atoms with Gasteiger partial charge in [0.05, 0.1) is 36.1 Å². The Hall–Kier alpha value is -9.20. The molecule has 8 amide bonds. The van der Waals surface area contributed by atoms with Gasteiger partial charge in [-0.2, -0.15) is 0 Å². The number of primary amides is 2. The third-order valence-electron chi connectivity index (χ3n) is 11.2. The molecule has 73 heavy (non-hydrogen) atoms. The van der Waals surface area contributed by atoms with Crippen LogP contribution in [0.25, 0.3) is 22.1 Å². The Morgan fingerprint density at radius 1 is 0.726 bits per heavy atom. The number of oxazole rings is 2. The molecule has 1 aliphatic heterocycles. The number of benzene rings is 2. The van der Waals surface area contributed by atoms with E-state index >= 15 is 0 Å². The van der Waals surface area contributed by atoms with Gasteiger partial charge in [0.25, 0.3) is 23.6 Å². The molecule has 0 bridgehead atoms. The zero-order chi connectivity index (χ0) is 52.7. The molecule has 10 N–H and O–H groups in total. The molecule has 0 radical (unpaired) electrons. The summed E-state index contributed by atoms with van der Waals surface area (Å²) in [4.78, 5) is 120. The fourth-order valence-electron chi connectivity index (χ4n) is 7.71. The number of nitrogens with two attached hydrogens (primary N) is 3. The lowest BCUT2D eigenvalue weighted by molar-refractivity contribution is -0.141. The number of hydrogen-bond donors (Lipinski definition) is 7. The van der Waals surface area contributed by atoms with Crippen molar-refractivity contribution in [3.05, 3.63) is 94.4 Å². The first kappa shape index (κ1) is 51.6. The summed E-state index contributed by atoms with van der Waals surface area (Å²) in [5, 5.41) is 10.7. The minimum Gasteiger partial charge on any atom is -0.494 e. The van der Waals surface area contributed by atoms with E-state index in [9.17, 15) is 38.4 Å². The third kappa shape index (κ3) is 11.5. The molecule has 6 aromatic rings. The standard InChI is InChI=1S/C47H52N14O12/c1-6-28-39(72-23(3)53-28)44(68)57-46-55-30-17-25(41(49)65)19-32(70-5)37(30)59(46)14-8-9-15-60-38-31(56-47(60)58-45(69)40-29(7-2)54-24(4)73-40)18-26(42(50)66)20-33(38)71-16-10-13-51-43(67)27(48)21-52-34(62)22-61-35(63)11-12-36(61)64/h8-9,11-12,17-20,27H,6-7,10,13-16,21-22,48H2,1-5H3,(H2,49,65)(H2,50,66)(H,51,67)(H,52,62)(H,55,57,68)(H,56,58,69)/b9-8+/t27-/m1/s1. The maximum Gasteiger partial charge on any atom is 0.295 e. The molecule has 0 saturated carbocycles. The molecule has 0 fully saturated rings. The number of amides is 8. The normalized spacial score (nSPS) is 12.8. The van der Waals surface area contributed by atoms with Gasteiger partial charge in [0, 0.05) is 63.3 Å². The topological polar surface area (TPSA) is 372 Å². The van der Waals surface area contributed by atoms with Crippen molar-refractivity contribution in [2.24, 2.45) is 17.2 Å². The molecule has 2 aromatic carbocycles. The van der Waals surface area contributed by atoms with E-state index in [4.69, 9.17) is 35.5 Å². The molecule has 0 aliphatic carbocycles. The Morgan fingerprint density at radius 2 is 1.22 bits per heavy atom. The lowest BCUT2D eigenvalue weighted by Crippen LogP contribution is -2.50. The predicted molar refractivity (Wildman–Crippen MR) is 259 cm³/mol. The van der Waals surface area contributed by atoms with Crippen LogP contribution in [0.5, 0.6) is 11.5 Å². The van der Waals surface area contributed by atoms with Crippen LogP contribution in [0.4, 0.5) is 11.9 Å². The number of rotatable bonds is 23. The van der Waals surface area contributed by atoms with Crippen LogP contribution in [0.15, 0.2) is 57.4 Å². The number of allylic oxidation sites excluding steroid dienone is 2. The fourth-order valence-corrected chi connectivity index (χ4v) is 7.71. The van der Waals surface area contributed by atoms with Crippen LogP contribution in [0.1, 0.15) is 85.3 Å². The number of ether oxygens (including phenoxy) is 2. The summed E-state index contributed by atoms with van der Waals surface area (Å²) in [6, 6.07) is 4.62. The first-order chi connectivity index (χ1) is 34.9. The monoisotopic (exact) mass is 1000 g/mol. The van der Waals surface area contributed by atoms with Gasteiger partial charge in [0.2, 0.25) is 47.0 Å². The quantitative estimate of drug-likeness (QED) is 0.0270. The van der Waals surface area contributed by atoms with E-state index in [2.05, 4.69) is 41.2 Å². The molecule has 0 saturated heterocycles. The van der Waals surface area contributed by atoms with Crippen molar-refractivity contribution in [1.29, 1.82) is 0 Å². The van der Waals surface area contributed by atoms with Crippen LogP contribution < -0.4 is 47.9 Å². The molecule has 5 heterocycles. The van der Waals surface area contributed by atoms with Crippen molar-refractivity contribution in [2.75, 3.05) is 44.0 Å². The maximum absolute atomic E-state index is 13.8. The summed E-state index contributed by atoms with van der Waals surface area (Å²) in [6.45, 7) is 6.18. The lowest BCUT2D eigenvalue weighted by atomic mass is 10.1. The zero-order valence-electron chi connectivity index (χ0n) is 40.3. The number of carbonyl (C=O) groups is 8. The first-order valence-electron chi connectivity index (χ1n) is 22.8. The number of fused-ring (bicyclic) bond motifs is 2. The Kier molecular flexibility index (Phi) is 15.7. The minimum absolute atomic E-state index is 0.00417. The maximum atomic E-state index is 13.8. The number of nitrogens with zero attached hydrogens (tertiary/aromatic N) is 7. The van der Waals surface area contributed by atoms with Crippen LogP contribution in [-0.4, -0.2) is 121 Å². The van der Waals surface area contributed by atoms with Crippen molar-refractivity contribution < 1.29 is 56.7 Å². The van der Waals surface area contributed by atoms with E-state index in [0.29, 0.717) is 41.2 Å². The summed E-state index contributed by atoms with van der Waals surface area (Å²) in [6.07, 6.45) is 6.60. The second-order valence-electron chi connectivity index (χ2n) is 16.3. The smallest absolute Gasteiger partial charge is 0.295 e. The van der Waals surface area contributed by atoms with Crippen molar-refractivity contribution in [2.45, 2.75) is 66.1 Å². The van der Waals surface area contributed by atoms with Crippen LogP contribution in [0.3, 0.4) is 0 Å². The van der Waals surface area contributed by atoms with Gasteiger partial charge >= 0.3 is 0 Å². The van der Waals surface area contributed by atoms with Gasteiger partial charge in [-0.1, -0.05) is 26.0 Å². The van der Waals surface area contributed by atoms with Gasteiger partial charge in [0.15, 0.2) is 11.8 Å². The van der Waals surface area contributed by atoms with Crippen LogP contribution in [0.2, 0.25) is 0 Å². The third-order valence-corrected chi connectivity index (χ3v) is 11.2. The largest absolute Gasteiger partial charge is 0.494 e. The van der Waals surface area contributed by atoms with E-state index in [1.165, 1.54) is 31.4 Å². The van der Waals surface area contributed by atoms with Crippen molar-refractivity contribution in [3.8, 4) is 11.5 Å². The number of aryl methyl sites for hydroxylation is 4. The number of imidazole rings is 2. The number of carbonyl (C=O) groups excluding carboxylic acids is 8. The van der Waals surface area contributed by atoms with Crippen LogP contribution in [-0.2, 0) is 45.1 Å². The Bertz CT molecular complexity index is 3230. The van der Waals surface area contributed by atoms with Gasteiger partial charge in [-0.15, -0.1) is 0 Å². The van der Waals surface area contributed by atoms with E-state index in [1.807, 2.05) is 13.8 Å². The van der Waals surface area contributed by atoms with Gasteiger partial charge in [-0.3, -0.25) is 53.9 Å². The highest BCUT2D eigenvalue weighted by molar-refractivity contribution is 6.14. The number of anilines is 2. The molecule has 382 valence electrons. The molecule has 0 unspecified atom stereocenters. The van der Waals surface area contributed by atoms with E-state index in [-0.39, 0.29) is 102 Å². The SMILES string of the molecule is CCc1nc(C)oc1C(=O)Nc1nc2cc(C(N)=O)cc(OC)c2n1C/C=C/Cn1c(NC(=O)c2oc(C)nc2CC)nc2cc(C(N)=O)cc(OCCCNC(=O)[C@H](N)CNC(=O)CN3C(=O)C=CC3=O)c21. The second kappa shape index (κ2) is 22.3. The summed E-state index contributed by atoms with van der Waals surface area (Å²) in [5.41, 5.74) is 19.6. The lowest BCUT2D eigenvalue weighted by Gasteiger charge is -2.16. The number of imide groups is 1. The zero-order valence-corrected chi connectivity index (χ0v) is 40.3. The Morgan fingerprint density at radius 3 is 1.70 bits per heavy atom. The van der Waals surface area contributed by atoms with Gasteiger partial charge in [0.1, 0.15) is 35.1 Å². The van der Waals surface area contributed by atoms with E-state index in [0.717, 1.165) is 17.1 Å². The van der Waals surface area contributed by atoms with Gasteiger partial charge < -0.3 is 55.3 Å². The summed E-state index contributed by atoms with van der Waals surface area (Å²) in [5.74, 6) is -4.31. The second-order valence-corrected chi connectivity index (χ2v) is 16.3. The van der Waals surface area contributed by atoms with Crippen molar-refractivity contribution >= 4 is 81.2 Å². The number of nitrogens with one attached hydrogen (secondary N) is 4. The van der Waals surface area contributed by atoms with Crippen molar-refractivity contribution in [1.82, 2.24) is 44.6 Å². The Labute approximate surface area is 414 Å². The van der Waals surface area contributed by atoms with E-state index < -0.39 is 59.8 Å². The molecule has 1 atom stereocenters. The first-order valence-corrected chi connectivity index (χ1v) is 22.8. The van der Waals surface area contributed by atoms with Crippen molar-refractivity contribution in [3.63, 3.8) is 0 Å². The minimum atomic E-state index is -1.17. The van der Waals surface area contributed by atoms with Crippen LogP contribution in [0, 0.1) is 13.8 Å². The number of methoxy groups -OCH3 is 1. The molecule has 26 nitrogen and oxygen atoms in total.